The Kier molecular flexibility index (Phi) is 3.57. The van der Waals surface area contributed by atoms with Crippen LogP contribution in [0.3, 0.4) is 0 Å². The Hall–Kier alpha value is -2.24. The topological polar surface area (TPSA) is 42.2 Å². The summed E-state index contributed by atoms with van der Waals surface area (Å²) in [7, 11) is 0. The number of carbonyl (C=O) groups is 1. The molecule has 3 nitrogen and oxygen atoms in total. The Labute approximate surface area is 113 Å². The molecule has 0 saturated carbocycles. The maximum Gasteiger partial charge on any atom is 0.418 e. The van der Waals surface area contributed by atoms with Gasteiger partial charge >= 0.3 is 12.1 Å². The van der Waals surface area contributed by atoms with Crippen molar-refractivity contribution in [3.8, 4) is 0 Å². The molecule has 2 rings (SSSR count). The van der Waals surface area contributed by atoms with Crippen LogP contribution in [-0.2, 0) is 6.18 Å². The van der Waals surface area contributed by atoms with Gasteiger partial charge in [0, 0.05) is 12.4 Å². The van der Waals surface area contributed by atoms with Crippen molar-refractivity contribution in [1.29, 1.82) is 0 Å². The predicted molar refractivity (Wildman–Crippen MR) is 66.6 cm³/mol. The summed E-state index contributed by atoms with van der Waals surface area (Å²) in [4.78, 5) is 10.9. The number of hydrogen-bond donors (Lipinski definition) is 1. The standard InChI is InChI=1S/C14H12F3NO2/c1-9(10-5-3-2-4-6-10)18-7-11(13(19)20)12(8-18)14(15,16)17/h2-9H,1H3,(H,19,20). The molecule has 0 amide bonds. The lowest BCUT2D eigenvalue weighted by atomic mass is 10.1. The van der Waals surface area contributed by atoms with Gasteiger partial charge in [0.2, 0.25) is 0 Å². The molecule has 0 saturated heterocycles. The predicted octanol–water partition coefficient (Wildman–Crippen LogP) is 3.81. The van der Waals surface area contributed by atoms with E-state index in [9.17, 15) is 18.0 Å². The van der Waals surface area contributed by atoms with E-state index >= 15 is 0 Å². The zero-order valence-corrected chi connectivity index (χ0v) is 10.6. The third-order valence-electron chi connectivity index (χ3n) is 3.11. The smallest absolute Gasteiger partial charge is 0.418 e. The lowest BCUT2D eigenvalue weighted by molar-refractivity contribution is -0.138. The minimum absolute atomic E-state index is 0.384. The Bertz CT molecular complexity index is 617. The van der Waals surface area contributed by atoms with E-state index < -0.39 is 23.3 Å². The fourth-order valence-corrected chi connectivity index (χ4v) is 2.00. The van der Waals surface area contributed by atoms with Gasteiger partial charge in [-0.1, -0.05) is 30.3 Å². The van der Waals surface area contributed by atoms with Crippen LogP contribution in [0.5, 0.6) is 0 Å². The van der Waals surface area contributed by atoms with Crippen LogP contribution in [-0.4, -0.2) is 15.6 Å². The van der Waals surface area contributed by atoms with Gasteiger partial charge in [0.05, 0.1) is 17.2 Å². The molecule has 2 aromatic rings. The van der Waals surface area contributed by atoms with Gasteiger partial charge < -0.3 is 9.67 Å². The van der Waals surface area contributed by atoms with Crippen molar-refractivity contribution >= 4 is 5.97 Å². The maximum absolute atomic E-state index is 12.8. The number of nitrogens with zero attached hydrogens (tertiary/aromatic N) is 1. The van der Waals surface area contributed by atoms with E-state index in [4.69, 9.17) is 5.11 Å². The summed E-state index contributed by atoms with van der Waals surface area (Å²) >= 11 is 0. The highest BCUT2D eigenvalue weighted by molar-refractivity contribution is 5.89. The molecule has 0 fully saturated rings. The van der Waals surface area contributed by atoms with Crippen LogP contribution in [0.15, 0.2) is 42.7 Å². The number of hydrogen-bond acceptors (Lipinski definition) is 1. The number of aromatic nitrogens is 1. The molecule has 0 aliphatic rings. The average molecular weight is 283 g/mol. The first-order valence-corrected chi connectivity index (χ1v) is 5.87. The molecule has 1 unspecified atom stereocenters. The van der Waals surface area contributed by atoms with Crippen molar-refractivity contribution in [2.75, 3.05) is 0 Å². The quantitative estimate of drug-likeness (QED) is 0.930. The zero-order chi connectivity index (χ0) is 14.9. The number of alkyl halides is 3. The van der Waals surface area contributed by atoms with Gasteiger partial charge in [0.15, 0.2) is 0 Å². The Balaban J connectivity index is 2.47. The molecule has 6 heteroatoms. The second-order valence-corrected chi connectivity index (χ2v) is 4.42. The Morgan fingerprint density at radius 1 is 1.20 bits per heavy atom. The lowest BCUT2D eigenvalue weighted by Crippen LogP contribution is -2.09. The summed E-state index contributed by atoms with van der Waals surface area (Å²) < 4.78 is 39.7. The molecule has 1 N–H and O–H groups in total. The number of halogens is 3. The van der Waals surface area contributed by atoms with Crippen molar-refractivity contribution in [2.45, 2.75) is 19.1 Å². The molecule has 0 aliphatic heterocycles. The summed E-state index contributed by atoms with van der Waals surface area (Å²) in [6.07, 6.45) is -2.83. The normalized spacial score (nSPS) is 13.2. The average Bonchev–Trinajstić information content (AvgIpc) is 2.84. The van der Waals surface area contributed by atoms with Gasteiger partial charge in [-0.25, -0.2) is 4.79 Å². The molecule has 0 radical (unpaired) electrons. The van der Waals surface area contributed by atoms with Gasteiger partial charge in [0.1, 0.15) is 0 Å². The van der Waals surface area contributed by atoms with Crippen molar-refractivity contribution in [3.63, 3.8) is 0 Å². The molecule has 1 aromatic heterocycles. The lowest BCUT2D eigenvalue weighted by Gasteiger charge is -2.14. The monoisotopic (exact) mass is 283 g/mol. The minimum atomic E-state index is -4.69. The van der Waals surface area contributed by atoms with E-state index in [1.54, 1.807) is 37.3 Å². The third-order valence-corrected chi connectivity index (χ3v) is 3.11. The number of carboxylic acid groups (broad SMARTS) is 1. The summed E-state index contributed by atoms with van der Waals surface area (Å²) in [6, 6.07) is 8.52. The Morgan fingerprint density at radius 2 is 1.80 bits per heavy atom. The van der Waals surface area contributed by atoms with E-state index in [0.29, 0.717) is 0 Å². The summed E-state index contributed by atoms with van der Waals surface area (Å²) in [5, 5.41) is 8.88. The molecule has 0 aliphatic carbocycles. The number of benzene rings is 1. The first-order valence-electron chi connectivity index (χ1n) is 5.87. The van der Waals surface area contributed by atoms with Crippen LogP contribution in [0, 0.1) is 0 Å². The molecular weight excluding hydrogens is 271 g/mol. The van der Waals surface area contributed by atoms with Crippen molar-refractivity contribution in [3.05, 3.63) is 59.4 Å². The van der Waals surface area contributed by atoms with Crippen molar-refractivity contribution in [2.24, 2.45) is 0 Å². The molecule has 1 heterocycles. The fraction of sp³-hybridized carbons (Fsp3) is 0.214. The van der Waals surface area contributed by atoms with Crippen LogP contribution in [0.2, 0.25) is 0 Å². The molecule has 0 bridgehead atoms. The van der Waals surface area contributed by atoms with Gasteiger partial charge in [0.25, 0.3) is 0 Å². The van der Waals surface area contributed by atoms with Crippen LogP contribution in [0.1, 0.15) is 34.5 Å². The van der Waals surface area contributed by atoms with Gasteiger partial charge in [-0.3, -0.25) is 0 Å². The highest BCUT2D eigenvalue weighted by Gasteiger charge is 2.37. The van der Waals surface area contributed by atoms with Crippen LogP contribution in [0.4, 0.5) is 13.2 Å². The van der Waals surface area contributed by atoms with Crippen LogP contribution < -0.4 is 0 Å². The molecule has 1 aromatic carbocycles. The van der Waals surface area contributed by atoms with E-state index in [0.717, 1.165) is 18.0 Å². The molecule has 20 heavy (non-hydrogen) atoms. The van der Waals surface area contributed by atoms with Crippen LogP contribution in [0.25, 0.3) is 0 Å². The fourth-order valence-electron chi connectivity index (χ4n) is 2.00. The number of aromatic carboxylic acids is 1. The maximum atomic E-state index is 12.8. The third kappa shape index (κ3) is 2.68. The first-order chi connectivity index (χ1) is 9.30. The first kappa shape index (κ1) is 14.2. The highest BCUT2D eigenvalue weighted by atomic mass is 19.4. The van der Waals surface area contributed by atoms with Gasteiger partial charge in [-0.05, 0) is 12.5 Å². The largest absolute Gasteiger partial charge is 0.478 e. The Morgan fingerprint density at radius 3 is 2.25 bits per heavy atom. The van der Waals surface area contributed by atoms with Gasteiger partial charge in [-0.15, -0.1) is 0 Å². The van der Waals surface area contributed by atoms with E-state index in [1.807, 2.05) is 0 Å². The van der Waals surface area contributed by atoms with Crippen molar-refractivity contribution in [1.82, 2.24) is 4.57 Å². The van der Waals surface area contributed by atoms with Crippen molar-refractivity contribution < 1.29 is 23.1 Å². The highest BCUT2D eigenvalue weighted by Crippen LogP contribution is 2.34. The number of rotatable bonds is 3. The van der Waals surface area contributed by atoms with E-state index in [-0.39, 0.29) is 6.04 Å². The second kappa shape index (κ2) is 5.03. The van der Waals surface area contributed by atoms with Gasteiger partial charge in [-0.2, -0.15) is 13.2 Å². The number of carboxylic acids is 1. The zero-order valence-electron chi connectivity index (χ0n) is 10.6. The van der Waals surface area contributed by atoms with E-state index in [1.165, 1.54) is 4.57 Å². The summed E-state index contributed by atoms with van der Waals surface area (Å²) in [5.41, 5.74) is -1.07. The molecule has 106 valence electrons. The summed E-state index contributed by atoms with van der Waals surface area (Å²) in [6.45, 7) is 1.71. The molecule has 0 spiro atoms. The molecule has 1 atom stereocenters. The second-order valence-electron chi connectivity index (χ2n) is 4.42. The minimum Gasteiger partial charge on any atom is -0.478 e. The van der Waals surface area contributed by atoms with Crippen LogP contribution >= 0.6 is 0 Å². The molecular formula is C14H12F3NO2. The summed E-state index contributed by atoms with van der Waals surface area (Å²) in [5.74, 6) is -1.59. The SMILES string of the molecule is CC(c1ccccc1)n1cc(C(=O)O)c(C(F)(F)F)c1. The van der Waals surface area contributed by atoms with E-state index in [2.05, 4.69) is 0 Å².